The van der Waals surface area contributed by atoms with Crippen molar-refractivity contribution >= 4 is 0 Å². The molecule has 1 fully saturated rings. The van der Waals surface area contributed by atoms with Gasteiger partial charge in [0.1, 0.15) is 11.5 Å². The first-order chi connectivity index (χ1) is 9.01. The van der Waals surface area contributed by atoms with Crippen LogP contribution in [-0.2, 0) is 0 Å². The lowest BCUT2D eigenvalue weighted by molar-refractivity contribution is 0.0976. The summed E-state index contributed by atoms with van der Waals surface area (Å²) in [4.78, 5) is 2.38. The smallest absolute Gasteiger partial charge is 0.119 e. The van der Waals surface area contributed by atoms with Gasteiger partial charge in [-0.25, -0.2) is 0 Å². The van der Waals surface area contributed by atoms with E-state index >= 15 is 0 Å². The molecule has 4 nitrogen and oxygen atoms in total. The lowest BCUT2D eigenvalue weighted by Crippen LogP contribution is -2.43. The van der Waals surface area contributed by atoms with Crippen molar-refractivity contribution in [2.24, 2.45) is 17.6 Å². The van der Waals surface area contributed by atoms with Gasteiger partial charge in [-0.2, -0.15) is 0 Å². The number of likely N-dealkylation sites (tertiary alicyclic amines) is 1. The number of hydrogen-bond donors (Lipinski definition) is 3. The Labute approximate surface area is 114 Å². The first-order valence-electron chi connectivity index (χ1n) is 6.98. The van der Waals surface area contributed by atoms with Gasteiger partial charge in [0.2, 0.25) is 0 Å². The maximum atomic E-state index is 9.58. The van der Waals surface area contributed by atoms with Gasteiger partial charge < -0.3 is 15.9 Å². The summed E-state index contributed by atoms with van der Waals surface area (Å²) in [6.45, 7) is 7.11. The second-order valence-electron chi connectivity index (χ2n) is 5.72. The quantitative estimate of drug-likeness (QED) is 0.781. The minimum absolute atomic E-state index is 0.114. The molecule has 1 heterocycles. The lowest BCUT2D eigenvalue weighted by atomic mass is 9.86. The van der Waals surface area contributed by atoms with Crippen molar-refractivity contribution in [3.8, 4) is 11.5 Å². The van der Waals surface area contributed by atoms with Crippen LogP contribution in [0.4, 0.5) is 0 Å². The molecule has 1 aliphatic rings. The summed E-state index contributed by atoms with van der Waals surface area (Å²) in [7, 11) is 0. The first kappa shape index (κ1) is 14.2. The number of benzene rings is 1. The third-order valence-corrected chi connectivity index (χ3v) is 4.40. The first-order valence-corrected chi connectivity index (χ1v) is 6.98. The number of piperidine rings is 1. The highest BCUT2D eigenvalue weighted by atomic mass is 16.3. The van der Waals surface area contributed by atoms with Gasteiger partial charge in [0, 0.05) is 18.7 Å². The summed E-state index contributed by atoms with van der Waals surface area (Å²) < 4.78 is 0. The molecule has 0 bridgehead atoms. The standard InChI is InChI=1S/C15H24N2O2/c1-10-3-4-17(9-13(10)8-16)11(2)12-5-14(18)7-15(19)6-12/h5-7,10-11,13,18-19H,3-4,8-9,16H2,1-2H3. The van der Waals surface area contributed by atoms with Gasteiger partial charge >= 0.3 is 0 Å². The molecule has 3 unspecified atom stereocenters. The van der Waals surface area contributed by atoms with Crippen LogP contribution in [0.25, 0.3) is 0 Å². The van der Waals surface area contributed by atoms with Crippen LogP contribution in [0, 0.1) is 11.8 Å². The molecule has 3 atom stereocenters. The average Bonchev–Trinajstić information content (AvgIpc) is 2.37. The molecule has 4 heteroatoms. The molecule has 2 rings (SSSR count). The maximum absolute atomic E-state index is 9.58. The number of nitrogens with two attached hydrogens (primary N) is 1. The Morgan fingerprint density at radius 2 is 1.95 bits per heavy atom. The van der Waals surface area contributed by atoms with E-state index in [1.54, 1.807) is 12.1 Å². The minimum Gasteiger partial charge on any atom is -0.508 e. The fourth-order valence-corrected chi connectivity index (χ4v) is 2.91. The molecule has 0 amide bonds. The second kappa shape index (κ2) is 5.80. The third kappa shape index (κ3) is 3.19. The van der Waals surface area contributed by atoms with Crippen molar-refractivity contribution in [1.29, 1.82) is 0 Å². The van der Waals surface area contributed by atoms with E-state index in [4.69, 9.17) is 5.73 Å². The fourth-order valence-electron chi connectivity index (χ4n) is 2.91. The van der Waals surface area contributed by atoms with Crippen LogP contribution in [0.15, 0.2) is 18.2 Å². The molecule has 1 aromatic carbocycles. The van der Waals surface area contributed by atoms with Crippen molar-refractivity contribution in [3.63, 3.8) is 0 Å². The normalized spacial score (nSPS) is 26.3. The van der Waals surface area contributed by atoms with Gasteiger partial charge in [0.05, 0.1) is 0 Å². The van der Waals surface area contributed by atoms with Gasteiger partial charge in [-0.3, -0.25) is 4.90 Å². The Hall–Kier alpha value is -1.26. The largest absolute Gasteiger partial charge is 0.508 e. The summed E-state index contributed by atoms with van der Waals surface area (Å²) in [5.74, 6) is 1.43. The summed E-state index contributed by atoms with van der Waals surface area (Å²) in [6.07, 6.45) is 1.15. The van der Waals surface area contributed by atoms with Crippen molar-refractivity contribution in [3.05, 3.63) is 23.8 Å². The number of phenols is 2. The van der Waals surface area contributed by atoms with Crippen LogP contribution in [0.5, 0.6) is 11.5 Å². The molecule has 0 aromatic heterocycles. The van der Waals surface area contributed by atoms with Crippen LogP contribution < -0.4 is 5.73 Å². The van der Waals surface area contributed by atoms with E-state index in [0.717, 1.165) is 31.6 Å². The van der Waals surface area contributed by atoms with Crippen LogP contribution in [0.2, 0.25) is 0 Å². The Bertz CT molecular complexity index is 416. The molecule has 19 heavy (non-hydrogen) atoms. The summed E-state index contributed by atoms with van der Waals surface area (Å²) in [5.41, 5.74) is 6.78. The zero-order valence-corrected chi connectivity index (χ0v) is 11.7. The van der Waals surface area contributed by atoms with Crippen LogP contribution >= 0.6 is 0 Å². The number of rotatable bonds is 3. The molecule has 0 spiro atoms. The van der Waals surface area contributed by atoms with Crippen LogP contribution in [0.3, 0.4) is 0 Å². The van der Waals surface area contributed by atoms with Crippen molar-refractivity contribution in [2.45, 2.75) is 26.3 Å². The van der Waals surface area contributed by atoms with E-state index in [0.29, 0.717) is 11.8 Å². The molecule has 1 aliphatic heterocycles. The van der Waals surface area contributed by atoms with E-state index in [1.807, 2.05) is 0 Å². The summed E-state index contributed by atoms with van der Waals surface area (Å²) in [5, 5.41) is 19.2. The Kier molecular flexibility index (Phi) is 4.32. The highest BCUT2D eigenvalue weighted by Crippen LogP contribution is 2.32. The molecule has 0 saturated carbocycles. The van der Waals surface area contributed by atoms with Gasteiger partial charge in [0.25, 0.3) is 0 Å². The molecule has 1 aromatic rings. The van der Waals surface area contributed by atoms with Crippen LogP contribution in [0.1, 0.15) is 31.9 Å². The van der Waals surface area contributed by atoms with E-state index < -0.39 is 0 Å². The Morgan fingerprint density at radius 1 is 1.32 bits per heavy atom. The monoisotopic (exact) mass is 264 g/mol. The minimum atomic E-state index is 0.114. The van der Waals surface area contributed by atoms with Gasteiger partial charge in [-0.15, -0.1) is 0 Å². The molecule has 4 N–H and O–H groups in total. The molecule has 1 saturated heterocycles. The highest BCUT2D eigenvalue weighted by molar-refractivity contribution is 5.38. The summed E-state index contributed by atoms with van der Waals surface area (Å²) >= 11 is 0. The van der Waals surface area contributed by atoms with E-state index in [-0.39, 0.29) is 17.5 Å². The van der Waals surface area contributed by atoms with Gasteiger partial charge in [-0.05, 0) is 56.0 Å². The van der Waals surface area contributed by atoms with Crippen LogP contribution in [-0.4, -0.2) is 34.7 Å². The fraction of sp³-hybridized carbons (Fsp3) is 0.600. The topological polar surface area (TPSA) is 69.7 Å². The number of aromatic hydroxyl groups is 2. The molecule has 106 valence electrons. The molecule has 0 aliphatic carbocycles. The zero-order chi connectivity index (χ0) is 14.0. The van der Waals surface area contributed by atoms with Crippen molar-refractivity contribution in [1.82, 2.24) is 4.90 Å². The lowest BCUT2D eigenvalue weighted by Gasteiger charge is -2.40. The average molecular weight is 264 g/mol. The predicted molar refractivity (Wildman–Crippen MR) is 76.1 cm³/mol. The van der Waals surface area contributed by atoms with E-state index in [2.05, 4.69) is 18.7 Å². The molecular weight excluding hydrogens is 240 g/mol. The molecule has 0 radical (unpaired) electrons. The van der Waals surface area contributed by atoms with Crippen molar-refractivity contribution in [2.75, 3.05) is 19.6 Å². The van der Waals surface area contributed by atoms with Crippen molar-refractivity contribution < 1.29 is 10.2 Å². The van der Waals surface area contributed by atoms with Gasteiger partial charge in [0.15, 0.2) is 0 Å². The maximum Gasteiger partial charge on any atom is 0.119 e. The Balaban J connectivity index is 2.12. The highest BCUT2D eigenvalue weighted by Gasteiger charge is 2.28. The number of phenolic OH excluding ortho intramolecular Hbond substituents is 2. The van der Waals surface area contributed by atoms with Gasteiger partial charge in [-0.1, -0.05) is 6.92 Å². The summed E-state index contributed by atoms with van der Waals surface area (Å²) in [6, 6.07) is 4.98. The number of hydrogen-bond acceptors (Lipinski definition) is 4. The third-order valence-electron chi connectivity index (χ3n) is 4.40. The SMILES string of the molecule is CC1CCN(C(C)c2cc(O)cc(O)c2)CC1CN. The van der Waals surface area contributed by atoms with E-state index in [9.17, 15) is 10.2 Å². The number of nitrogens with zero attached hydrogens (tertiary/aromatic N) is 1. The zero-order valence-electron chi connectivity index (χ0n) is 11.7. The van der Waals surface area contributed by atoms with E-state index in [1.165, 1.54) is 6.07 Å². The Morgan fingerprint density at radius 3 is 2.53 bits per heavy atom. The molecular formula is C15H24N2O2. The predicted octanol–water partition coefficient (Wildman–Crippen LogP) is 2.08. The second-order valence-corrected chi connectivity index (χ2v) is 5.72.